The summed E-state index contributed by atoms with van der Waals surface area (Å²) in [6.45, 7) is 11.0. The molecule has 0 bridgehead atoms. The maximum Gasteiger partial charge on any atom is 0.320 e. The summed E-state index contributed by atoms with van der Waals surface area (Å²) in [6.07, 6.45) is 1.08. The average Bonchev–Trinajstić information content (AvgIpc) is 2.80. The van der Waals surface area contributed by atoms with Gasteiger partial charge in [-0.1, -0.05) is 0 Å². The van der Waals surface area contributed by atoms with Crippen LogP contribution in [0.4, 0.5) is 0 Å². The second-order valence-corrected chi connectivity index (χ2v) is 6.16. The van der Waals surface area contributed by atoms with E-state index in [0.29, 0.717) is 25.1 Å². The Hall–Kier alpha value is -1.36. The molecule has 1 fully saturated rings. The van der Waals surface area contributed by atoms with E-state index in [0.717, 1.165) is 25.3 Å². The zero-order valence-electron chi connectivity index (χ0n) is 13.8. The van der Waals surface area contributed by atoms with Gasteiger partial charge in [-0.15, -0.1) is 0 Å². The molecule has 0 radical (unpaired) electrons. The SMILES string of the molecule is CCOC(=O)CN(C)CC1CC2=C(C)C(C)N=C(C)N2C1. The predicted octanol–water partition coefficient (Wildman–Crippen LogP) is 1.90. The van der Waals surface area contributed by atoms with E-state index in [1.165, 1.54) is 11.3 Å². The molecular formula is C16H27N3O2. The van der Waals surface area contributed by atoms with Crippen molar-refractivity contribution in [2.24, 2.45) is 10.9 Å². The number of ether oxygens (including phenoxy) is 1. The Morgan fingerprint density at radius 3 is 2.86 bits per heavy atom. The summed E-state index contributed by atoms with van der Waals surface area (Å²) in [5.74, 6) is 1.53. The molecule has 2 heterocycles. The molecule has 2 aliphatic rings. The van der Waals surface area contributed by atoms with Gasteiger partial charge in [0.1, 0.15) is 5.84 Å². The molecule has 0 aromatic heterocycles. The Morgan fingerprint density at radius 2 is 2.19 bits per heavy atom. The van der Waals surface area contributed by atoms with Gasteiger partial charge in [0.2, 0.25) is 0 Å². The number of hydrogen-bond donors (Lipinski definition) is 0. The Kier molecular flexibility index (Phi) is 5.04. The van der Waals surface area contributed by atoms with Gasteiger partial charge in [0.15, 0.2) is 0 Å². The third kappa shape index (κ3) is 3.64. The van der Waals surface area contributed by atoms with Crippen LogP contribution in [0.3, 0.4) is 0 Å². The van der Waals surface area contributed by atoms with Crippen LogP contribution in [0.15, 0.2) is 16.3 Å². The molecule has 0 spiro atoms. The van der Waals surface area contributed by atoms with Crippen LogP contribution in [0.25, 0.3) is 0 Å². The lowest BCUT2D eigenvalue weighted by Crippen LogP contribution is -2.34. The van der Waals surface area contributed by atoms with Gasteiger partial charge in [-0.05, 0) is 52.7 Å². The van der Waals surface area contributed by atoms with E-state index >= 15 is 0 Å². The molecule has 5 heteroatoms. The number of hydrogen-bond acceptors (Lipinski definition) is 5. The molecule has 2 aliphatic heterocycles. The van der Waals surface area contributed by atoms with Crippen molar-refractivity contribution in [2.45, 2.75) is 40.2 Å². The quantitative estimate of drug-likeness (QED) is 0.726. The highest BCUT2D eigenvalue weighted by Gasteiger charge is 2.33. The Morgan fingerprint density at radius 1 is 1.48 bits per heavy atom. The fraction of sp³-hybridized carbons (Fsp3) is 0.750. The molecule has 0 aliphatic carbocycles. The Balaban J connectivity index is 1.93. The summed E-state index contributed by atoms with van der Waals surface area (Å²) < 4.78 is 5.00. The summed E-state index contributed by atoms with van der Waals surface area (Å²) in [7, 11) is 1.99. The topological polar surface area (TPSA) is 45.1 Å². The number of nitrogens with zero attached hydrogens (tertiary/aromatic N) is 3. The average molecular weight is 293 g/mol. The van der Waals surface area contributed by atoms with Crippen molar-refractivity contribution in [1.29, 1.82) is 0 Å². The Bertz CT molecular complexity index is 470. The van der Waals surface area contributed by atoms with E-state index in [-0.39, 0.29) is 5.97 Å². The lowest BCUT2D eigenvalue weighted by molar-refractivity contribution is -0.144. The number of carbonyl (C=O) groups excluding carboxylic acids is 1. The van der Waals surface area contributed by atoms with Crippen molar-refractivity contribution in [3.63, 3.8) is 0 Å². The van der Waals surface area contributed by atoms with Gasteiger partial charge < -0.3 is 9.64 Å². The van der Waals surface area contributed by atoms with Crippen molar-refractivity contribution in [1.82, 2.24) is 9.80 Å². The molecule has 2 unspecified atom stereocenters. The van der Waals surface area contributed by atoms with E-state index < -0.39 is 0 Å². The third-order valence-electron chi connectivity index (χ3n) is 4.38. The second-order valence-electron chi connectivity index (χ2n) is 6.16. The zero-order valence-corrected chi connectivity index (χ0v) is 13.8. The lowest BCUT2D eigenvalue weighted by Gasteiger charge is -2.29. The fourth-order valence-corrected chi connectivity index (χ4v) is 3.26. The van der Waals surface area contributed by atoms with E-state index in [9.17, 15) is 4.79 Å². The molecule has 2 atom stereocenters. The standard InChI is InChI=1S/C16H27N3O2/c1-6-21-16(20)10-18(5)8-14-7-15-11(2)12(3)17-13(4)19(15)9-14/h12,14H,6-10H2,1-5H3. The number of aliphatic imine (C=N–C) groups is 1. The van der Waals surface area contributed by atoms with Gasteiger partial charge in [-0.2, -0.15) is 0 Å². The minimum Gasteiger partial charge on any atom is -0.465 e. The predicted molar refractivity (Wildman–Crippen MR) is 84.2 cm³/mol. The summed E-state index contributed by atoms with van der Waals surface area (Å²) in [5.41, 5.74) is 2.82. The monoisotopic (exact) mass is 293 g/mol. The van der Waals surface area contributed by atoms with Crippen LogP contribution in [0.5, 0.6) is 0 Å². The smallest absolute Gasteiger partial charge is 0.320 e. The molecule has 0 aromatic rings. The number of allylic oxidation sites excluding steroid dienone is 1. The van der Waals surface area contributed by atoms with Gasteiger partial charge in [-0.3, -0.25) is 14.7 Å². The summed E-state index contributed by atoms with van der Waals surface area (Å²) in [5, 5.41) is 0. The number of likely N-dealkylation sites (N-methyl/N-ethyl adjacent to an activating group) is 1. The third-order valence-corrected chi connectivity index (χ3v) is 4.38. The molecule has 118 valence electrons. The van der Waals surface area contributed by atoms with Gasteiger partial charge in [0.05, 0.1) is 19.2 Å². The molecular weight excluding hydrogens is 266 g/mol. The minimum absolute atomic E-state index is 0.141. The van der Waals surface area contributed by atoms with Crippen LogP contribution in [0.2, 0.25) is 0 Å². The molecule has 5 nitrogen and oxygen atoms in total. The number of rotatable bonds is 5. The van der Waals surface area contributed by atoms with Crippen LogP contribution in [0, 0.1) is 5.92 Å². The fourth-order valence-electron chi connectivity index (χ4n) is 3.26. The first-order valence-electron chi connectivity index (χ1n) is 7.78. The van der Waals surface area contributed by atoms with Gasteiger partial charge in [0, 0.05) is 18.8 Å². The molecule has 2 rings (SSSR count). The number of fused-ring (bicyclic) bond motifs is 1. The number of esters is 1. The molecule has 1 saturated heterocycles. The zero-order chi connectivity index (χ0) is 15.6. The normalized spacial score (nSPS) is 25.2. The first-order chi connectivity index (χ1) is 9.92. The second kappa shape index (κ2) is 6.60. The van der Waals surface area contributed by atoms with Crippen molar-refractivity contribution >= 4 is 11.8 Å². The highest BCUT2D eigenvalue weighted by Crippen LogP contribution is 2.34. The summed E-state index contributed by atoms with van der Waals surface area (Å²) >= 11 is 0. The van der Waals surface area contributed by atoms with Crippen LogP contribution in [0.1, 0.15) is 34.1 Å². The Labute approximate surface area is 127 Å². The molecule has 0 saturated carbocycles. The van der Waals surface area contributed by atoms with Gasteiger partial charge in [0.25, 0.3) is 0 Å². The van der Waals surface area contributed by atoms with Crippen molar-refractivity contribution < 1.29 is 9.53 Å². The molecule has 0 N–H and O–H groups in total. The lowest BCUT2D eigenvalue weighted by atomic mass is 10.0. The van der Waals surface area contributed by atoms with E-state index in [2.05, 4.69) is 35.6 Å². The van der Waals surface area contributed by atoms with Crippen molar-refractivity contribution in [2.75, 3.05) is 33.3 Å². The van der Waals surface area contributed by atoms with Crippen LogP contribution >= 0.6 is 0 Å². The van der Waals surface area contributed by atoms with Crippen molar-refractivity contribution in [3.8, 4) is 0 Å². The number of amidine groups is 1. The maximum absolute atomic E-state index is 11.5. The van der Waals surface area contributed by atoms with Crippen LogP contribution in [-0.2, 0) is 9.53 Å². The van der Waals surface area contributed by atoms with Gasteiger partial charge in [-0.25, -0.2) is 0 Å². The molecule has 21 heavy (non-hydrogen) atoms. The van der Waals surface area contributed by atoms with E-state index in [1.54, 1.807) is 0 Å². The number of carbonyl (C=O) groups is 1. The van der Waals surface area contributed by atoms with Gasteiger partial charge >= 0.3 is 5.97 Å². The first kappa shape index (κ1) is 16.0. The first-order valence-corrected chi connectivity index (χ1v) is 7.78. The highest BCUT2D eigenvalue weighted by molar-refractivity contribution is 5.83. The van der Waals surface area contributed by atoms with E-state index in [4.69, 9.17) is 4.74 Å². The van der Waals surface area contributed by atoms with Crippen LogP contribution < -0.4 is 0 Å². The largest absolute Gasteiger partial charge is 0.465 e. The van der Waals surface area contributed by atoms with E-state index in [1.807, 2.05) is 14.0 Å². The van der Waals surface area contributed by atoms with Crippen LogP contribution in [-0.4, -0.2) is 60.9 Å². The summed E-state index contributed by atoms with van der Waals surface area (Å²) in [6, 6.07) is 0.298. The highest BCUT2D eigenvalue weighted by atomic mass is 16.5. The van der Waals surface area contributed by atoms with Crippen molar-refractivity contribution in [3.05, 3.63) is 11.3 Å². The molecule has 0 aromatic carbocycles. The minimum atomic E-state index is -0.141. The summed E-state index contributed by atoms with van der Waals surface area (Å²) in [4.78, 5) is 20.6. The molecule has 0 amide bonds. The maximum atomic E-state index is 11.5.